The number of aryl methyl sites for hydroxylation is 1. The van der Waals surface area contributed by atoms with E-state index in [1.165, 1.54) is 31.9 Å². The number of rotatable bonds is 10. The molecule has 0 saturated carbocycles. The van der Waals surface area contributed by atoms with Crippen molar-refractivity contribution in [2.75, 3.05) is 26.1 Å². The van der Waals surface area contributed by atoms with Crippen molar-refractivity contribution in [2.24, 2.45) is 0 Å². The molecule has 3 N–H and O–H groups in total. The van der Waals surface area contributed by atoms with Crippen LogP contribution in [0.1, 0.15) is 25.9 Å². The number of ether oxygens (including phenoxy) is 2. The summed E-state index contributed by atoms with van der Waals surface area (Å²) in [4.78, 5) is 24.9. The Morgan fingerprint density at radius 3 is 2.71 bits per heavy atom. The predicted molar refractivity (Wildman–Crippen MR) is 134 cm³/mol. The summed E-state index contributed by atoms with van der Waals surface area (Å²) in [5.41, 5.74) is -1.61. The summed E-state index contributed by atoms with van der Waals surface area (Å²) in [5, 5.41) is 16.2. The minimum atomic E-state index is -4.23. The molecule has 0 spiro atoms. The second-order valence-electron chi connectivity index (χ2n) is 8.89. The summed E-state index contributed by atoms with van der Waals surface area (Å²) in [6.07, 6.45) is -2.94. The van der Waals surface area contributed by atoms with Gasteiger partial charge in [-0.2, -0.15) is 5.09 Å². The van der Waals surface area contributed by atoms with Crippen molar-refractivity contribution in [3.05, 3.63) is 42.5 Å². The van der Waals surface area contributed by atoms with Crippen LogP contribution < -0.4 is 14.9 Å². The number of aliphatic hydroxyl groups is 1. The number of aliphatic hydroxyl groups excluding tert-OH is 1. The predicted octanol–water partition coefficient (Wildman–Crippen LogP) is 2.52. The molecular formula is C23H30FN6O7P. The number of esters is 1. The number of hydrogen-bond donors (Lipinski definition) is 3. The Morgan fingerprint density at radius 2 is 2.05 bits per heavy atom. The Bertz CT molecular complexity index is 1340. The molecule has 15 heteroatoms. The Morgan fingerprint density at radius 1 is 1.34 bits per heavy atom. The number of anilines is 1. The number of benzene rings is 1. The summed E-state index contributed by atoms with van der Waals surface area (Å²) in [6.45, 7) is 3.74. The molecule has 13 nitrogen and oxygen atoms in total. The molecule has 0 amide bonds. The highest BCUT2D eigenvalue weighted by molar-refractivity contribution is 7.52. The Hall–Kier alpha value is -3.16. The quantitative estimate of drug-likeness (QED) is 0.250. The van der Waals surface area contributed by atoms with Crippen molar-refractivity contribution >= 4 is 30.7 Å². The van der Waals surface area contributed by atoms with E-state index in [1.807, 2.05) is 0 Å². The maximum Gasteiger partial charge on any atom is 0.459 e. The zero-order valence-electron chi connectivity index (χ0n) is 21.5. The summed E-state index contributed by atoms with van der Waals surface area (Å²) in [5.74, 6) is 0.369. The molecule has 206 valence electrons. The van der Waals surface area contributed by atoms with Crippen molar-refractivity contribution in [1.82, 2.24) is 24.6 Å². The van der Waals surface area contributed by atoms with Gasteiger partial charge in [0.1, 0.15) is 29.8 Å². The first-order chi connectivity index (χ1) is 18.0. The van der Waals surface area contributed by atoms with E-state index in [2.05, 4.69) is 30.1 Å². The normalized spacial score (nSPS) is 25.6. The number of imidazole rings is 1. The van der Waals surface area contributed by atoms with Crippen LogP contribution in [0.25, 0.3) is 11.2 Å². The number of halogens is 1. The van der Waals surface area contributed by atoms with E-state index in [4.69, 9.17) is 13.8 Å². The highest BCUT2D eigenvalue weighted by Crippen LogP contribution is 2.48. The first kappa shape index (κ1) is 27.9. The summed E-state index contributed by atoms with van der Waals surface area (Å²) in [6, 6.07) is 7.08. The van der Waals surface area contributed by atoms with Crippen LogP contribution in [-0.4, -0.2) is 75.3 Å². The number of carbonyl (C=O) groups excluding carboxylic acids is 1. The number of nitrogens with zero attached hydrogens (tertiary/aromatic N) is 4. The number of fused-ring (bicyclic) bond motifs is 1. The fourth-order valence-electron chi connectivity index (χ4n) is 4.07. The summed E-state index contributed by atoms with van der Waals surface area (Å²) in [7, 11) is -1.38. The van der Waals surface area contributed by atoms with Gasteiger partial charge in [0.05, 0.1) is 20.0 Å². The van der Waals surface area contributed by atoms with Crippen molar-refractivity contribution < 1.29 is 37.4 Å². The van der Waals surface area contributed by atoms with E-state index >= 15 is 4.39 Å². The second-order valence-corrected chi connectivity index (χ2v) is 10.6. The SMILES string of the molecule is CNc1nc(C)nc2c1ncn2[C@@H]1O[C@H](CO[P@](=O)(N[C@H](C)C(=O)OC)Oc2ccccc2)[C@@H](O)[C@@]1(C)F. The molecule has 2 aromatic heterocycles. The van der Waals surface area contributed by atoms with Gasteiger partial charge < -0.3 is 24.4 Å². The number of hydrogen-bond acceptors (Lipinski definition) is 11. The van der Waals surface area contributed by atoms with Crippen molar-refractivity contribution in [2.45, 2.75) is 50.9 Å². The van der Waals surface area contributed by atoms with Crippen LogP contribution in [-0.2, 0) is 23.4 Å². The van der Waals surface area contributed by atoms with Crippen LogP contribution >= 0.6 is 7.75 Å². The van der Waals surface area contributed by atoms with Gasteiger partial charge in [-0.05, 0) is 32.9 Å². The Kier molecular flexibility index (Phi) is 8.00. The first-order valence-electron chi connectivity index (χ1n) is 11.7. The van der Waals surface area contributed by atoms with Crippen LogP contribution in [0.4, 0.5) is 10.2 Å². The van der Waals surface area contributed by atoms with Gasteiger partial charge in [-0.15, -0.1) is 0 Å². The molecule has 0 radical (unpaired) electrons. The average Bonchev–Trinajstić information content (AvgIpc) is 3.39. The van der Waals surface area contributed by atoms with Crippen LogP contribution in [0.15, 0.2) is 36.7 Å². The number of para-hydroxylation sites is 1. The van der Waals surface area contributed by atoms with Crippen LogP contribution in [0.3, 0.4) is 0 Å². The Labute approximate surface area is 218 Å². The molecule has 0 unspecified atom stereocenters. The molecule has 1 aromatic carbocycles. The fraction of sp³-hybridized carbons (Fsp3) is 0.478. The standard InChI is InChI=1S/C23H30FN6O7P/c1-13(21(32)34-5)29-38(33,37-15-9-7-6-8-10-15)35-11-16-18(31)23(3,24)22(36-16)30-12-26-17-19(25-4)27-14(2)28-20(17)30/h6-10,12-13,16,18,22,31H,11H2,1-5H3,(H,29,33)(H,25,27,28)/t13-,16-,18-,22-,23-,38-/m1/s1. The third-order valence-corrected chi connectivity index (χ3v) is 7.67. The van der Waals surface area contributed by atoms with E-state index in [0.29, 0.717) is 22.8 Å². The van der Waals surface area contributed by atoms with E-state index in [1.54, 1.807) is 44.3 Å². The molecular weight excluding hydrogens is 522 g/mol. The molecule has 1 aliphatic rings. The lowest BCUT2D eigenvalue weighted by Gasteiger charge is -2.25. The topological polar surface area (TPSA) is 159 Å². The smallest absolute Gasteiger partial charge is 0.459 e. The number of nitrogens with one attached hydrogen (secondary N) is 2. The zero-order chi connectivity index (χ0) is 27.7. The number of aromatic nitrogens is 4. The van der Waals surface area contributed by atoms with Gasteiger partial charge in [0.25, 0.3) is 0 Å². The molecule has 0 bridgehead atoms. The van der Waals surface area contributed by atoms with E-state index in [0.717, 1.165) is 0 Å². The molecule has 3 heterocycles. The third kappa shape index (κ3) is 5.49. The van der Waals surface area contributed by atoms with Crippen molar-refractivity contribution in [3.63, 3.8) is 0 Å². The minimum Gasteiger partial charge on any atom is -0.468 e. The van der Waals surface area contributed by atoms with Gasteiger partial charge in [-0.25, -0.2) is 23.9 Å². The van der Waals surface area contributed by atoms with Gasteiger partial charge in [-0.1, -0.05) is 18.2 Å². The van der Waals surface area contributed by atoms with Crippen molar-refractivity contribution in [3.8, 4) is 5.75 Å². The minimum absolute atomic E-state index is 0.196. The number of alkyl halides is 1. The molecule has 3 aromatic rings. The lowest BCUT2D eigenvalue weighted by molar-refractivity contribution is -0.142. The summed E-state index contributed by atoms with van der Waals surface area (Å²) < 4.78 is 52.5. The average molecular weight is 553 g/mol. The molecule has 1 aliphatic heterocycles. The molecule has 1 fully saturated rings. The van der Waals surface area contributed by atoms with E-state index in [9.17, 15) is 14.5 Å². The molecule has 4 rings (SSSR count). The first-order valence-corrected chi connectivity index (χ1v) is 13.3. The molecule has 6 atom stereocenters. The van der Waals surface area contributed by atoms with E-state index in [-0.39, 0.29) is 5.75 Å². The number of carbonyl (C=O) groups is 1. The van der Waals surface area contributed by atoms with Gasteiger partial charge in [0, 0.05) is 7.05 Å². The maximum absolute atomic E-state index is 15.9. The highest BCUT2D eigenvalue weighted by atomic mass is 31.2. The molecule has 38 heavy (non-hydrogen) atoms. The van der Waals surface area contributed by atoms with Crippen LogP contribution in [0, 0.1) is 6.92 Å². The largest absolute Gasteiger partial charge is 0.468 e. The van der Waals surface area contributed by atoms with E-state index < -0.39 is 50.5 Å². The lowest BCUT2D eigenvalue weighted by Crippen LogP contribution is -2.41. The second kappa shape index (κ2) is 10.9. The highest BCUT2D eigenvalue weighted by Gasteiger charge is 2.56. The molecule has 0 aliphatic carbocycles. The zero-order valence-corrected chi connectivity index (χ0v) is 22.4. The van der Waals surface area contributed by atoms with Crippen LogP contribution in [0.5, 0.6) is 5.75 Å². The fourth-order valence-corrected chi connectivity index (χ4v) is 5.57. The monoisotopic (exact) mass is 552 g/mol. The maximum atomic E-state index is 15.9. The Balaban J connectivity index is 1.57. The number of methoxy groups -OCH3 is 1. The van der Waals surface area contributed by atoms with Crippen LogP contribution in [0.2, 0.25) is 0 Å². The van der Waals surface area contributed by atoms with Gasteiger partial charge >= 0.3 is 13.7 Å². The third-order valence-electron chi connectivity index (χ3n) is 6.02. The summed E-state index contributed by atoms with van der Waals surface area (Å²) >= 11 is 0. The van der Waals surface area contributed by atoms with Gasteiger partial charge in [0.2, 0.25) is 0 Å². The lowest BCUT2D eigenvalue weighted by atomic mass is 9.98. The van der Waals surface area contributed by atoms with Crippen molar-refractivity contribution in [1.29, 1.82) is 0 Å². The van der Waals surface area contributed by atoms with Gasteiger partial charge in [0.15, 0.2) is 28.9 Å². The van der Waals surface area contributed by atoms with Gasteiger partial charge in [-0.3, -0.25) is 13.9 Å². The molecule has 1 saturated heterocycles.